The maximum Gasteiger partial charge on any atom is 0.305 e. The van der Waals surface area contributed by atoms with Crippen molar-refractivity contribution in [1.82, 2.24) is 5.32 Å². The number of carbonyl (C=O) groups is 2. The summed E-state index contributed by atoms with van der Waals surface area (Å²) in [5, 5.41) is 23.2. The third kappa shape index (κ3) is 49.9. The summed E-state index contributed by atoms with van der Waals surface area (Å²) in [6.07, 6.45) is 62.2. The van der Waals surface area contributed by atoms with Gasteiger partial charge in [0.05, 0.1) is 25.4 Å². The van der Waals surface area contributed by atoms with E-state index in [-0.39, 0.29) is 18.5 Å². The van der Waals surface area contributed by atoms with Gasteiger partial charge in [0.15, 0.2) is 0 Å². The molecule has 0 radical (unpaired) electrons. The molecule has 0 spiro atoms. The van der Waals surface area contributed by atoms with Crippen LogP contribution in [0.4, 0.5) is 0 Å². The number of hydrogen-bond donors (Lipinski definition) is 3. The molecule has 3 N–H and O–H groups in total. The van der Waals surface area contributed by atoms with Crippen LogP contribution in [0.15, 0.2) is 12.2 Å². The molecule has 0 aliphatic carbocycles. The smallest absolute Gasteiger partial charge is 0.305 e. The normalized spacial score (nSPS) is 12.6. The molecule has 2 unspecified atom stereocenters. The Morgan fingerprint density at radius 1 is 0.429 bits per heavy atom. The second kappa shape index (κ2) is 53.2. The first-order valence-electron chi connectivity index (χ1n) is 28.5. The molecule has 0 bridgehead atoms. The second-order valence-corrected chi connectivity index (χ2v) is 19.6. The number of amides is 1. The zero-order valence-corrected chi connectivity index (χ0v) is 42.6. The summed E-state index contributed by atoms with van der Waals surface area (Å²) in [4.78, 5) is 24.5. The molecular weight excluding hydrogens is 779 g/mol. The van der Waals surface area contributed by atoms with Gasteiger partial charge in [0, 0.05) is 12.8 Å². The van der Waals surface area contributed by atoms with Crippen LogP contribution < -0.4 is 5.32 Å². The van der Waals surface area contributed by atoms with E-state index in [0.717, 1.165) is 57.8 Å². The van der Waals surface area contributed by atoms with Gasteiger partial charge in [-0.2, -0.15) is 0 Å². The number of aliphatic hydroxyl groups excluding tert-OH is 2. The molecule has 374 valence electrons. The summed E-state index contributed by atoms with van der Waals surface area (Å²) in [6, 6.07) is -0.641. The molecule has 1 amide bonds. The van der Waals surface area contributed by atoms with Crippen molar-refractivity contribution in [3.8, 4) is 0 Å². The van der Waals surface area contributed by atoms with E-state index < -0.39 is 12.1 Å². The number of allylic oxidation sites excluding steroid dienone is 1. The molecule has 0 saturated carbocycles. The molecule has 0 aliphatic heterocycles. The average Bonchev–Trinajstić information content (AvgIpc) is 3.28. The minimum Gasteiger partial charge on any atom is -0.466 e. The monoisotopic (exact) mass is 890 g/mol. The van der Waals surface area contributed by atoms with E-state index in [1.54, 1.807) is 6.08 Å². The van der Waals surface area contributed by atoms with Crippen LogP contribution in [-0.4, -0.2) is 47.4 Å². The lowest BCUT2D eigenvalue weighted by Gasteiger charge is -2.20. The molecule has 6 nitrogen and oxygen atoms in total. The minimum atomic E-state index is -0.856. The van der Waals surface area contributed by atoms with Gasteiger partial charge >= 0.3 is 5.97 Å². The first-order valence-corrected chi connectivity index (χ1v) is 28.5. The van der Waals surface area contributed by atoms with Crippen molar-refractivity contribution in [1.29, 1.82) is 0 Å². The Bertz CT molecular complexity index is 939. The van der Waals surface area contributed by atoms with E-state index in [9.17, 15) is 19.8 Å². The van der Waals surface area contributed by atoms with Crippen LogP contribution >= 0.6 is 0 Å². The molecule has 6 heteroatoms. The van der Waals surface area contributed by atoms with Gasteiger partial charge in [0.1, 0.15) is 0 Å². The number of carbonyl (C=O) groups excluding carboxylic acids is 2. The van der Waals surface area contributed by atoms with E-state index in [1.165, 1.54) is 231 Å². The third-order valence-electron chi connectivity index (χ3n) is 13.3. The number of nitrogens with one attached hydrogen (secondary N) is 1. The quantitative estimate of drug-likeness (QED) is 0.0321. The number of rotatable bonds is 53. The molecule has 0 heterocycles. The molecule has 0 saturated heterocycles. The van der Waals surface area contributed by atoms with Crippen molar-refractivity contribution in [2.24, 2.45) is 0 Å². The zero-order chi connectivity index (χ0) is 45.8. The van der Waals surface area contributed by atoms with Crippen LogP contribution in [0.5, 0.6) is 0 Å². The van der Waals surface area contributed by atoms with Gasteiger partial charge in [-0.3, -0.25) is 9.59 Å². The van der Waals surface area contributed by atoms with Gasteiger partial charge in [-0.05, 0) is 32.1 Å². The maximum absolute atomic E-state index is 12.5. The standard InChI is InChI=1S/C57H111NO5/c1-3-5-7-9-11-13-15-17-18-19-20-21-22-23-24-25-27-29-33-37-41-45-49-55(60)54(53-59)58-56(61)50-46-42-38-34-30-28-32-36-40-44-48-52-63-57(62)51-47-43-39-35-31-26-16-14-12-10-8-6-4-2/h45,49,54-55,59-60H,3-44,46-48,50-53H2,1-2H3,(H,58,61)/b49-45+. The van der Waals surface area contributed by atoms with Crippen molar-refractivity contribution >= 4 is 11.9 Å². The van der Waals surface area contributed by atoms with E-state index in [1.807, 2.05) is 6.08 Å². The zero-order valence-electron chi connectivity index (χ0n) is 42.6. The van der Waals surface area contributed by atoms with E-state index >= 15 is 0 Å². The third-order valence-corrected chi connectivity index (χ3v) is 13.3. The maximum atomic E-state index is 12.5. The molecule has 0 rings (SSSR count). The van der Waals surface area contributed by atoms with Gasteiger partial charge in [0.25, 0.3) is 0 Å². The fourth-order valence-corrected chi connectivity index (χ4v) is 8.93. The predicted octanol–water partition coefficient (Wildman–Crippen LogP) is 17.3. The lowest BCUT2D eigenvalue weighted by molar-refractivity contribution is -0.143. The van der Waals surface area contributed by atoms with Gasteiger partial charge < -0.3 is 20.3 Å². The van der Waals surface area contributed by atoms with Gasteiger partial charge in [-0.15, -0.1) is 0 Å². The topological polar surface area (TPSA) is 95.9 Å². The first-order chi connectivity index (χ1) is 31.0. The highest BCUT2D eigenvalue weighted by Gasteiger charge is 2.18. The summed E-state index contributed by atoms with van der Waals surface area (Å²) in [6.45, 7) is 4.88. The largest absolute Gasteiger partial charge is 0.466 e. The second-order valence-electron chi connectivity index (χ2n) is 19.6. The molecule has 2 atom stereocenters. The predicted molar refractivity (Wildman–Crippen MR) is 273 cm³/mol. The highest BCUT2D eigenvalue weighted by atomic mass is 16.5. The van der Waals surface area contributed by atoms with Crippen molar-refractivity contribution in [2.75, 3.05) is 13.2 Å². The summed E-state index contributed by atoms with van der Waals surface area (Å²) >= 11 is 0. The minimum absolute atomic E-state index is 0.0130. The summed E-state index contributed by atoms with van der Waals surface area (Å²) in [5.74, 6) is -0.0962. The van der Waals surface area contributed by atoms with Crippen molar-refractivity contribution in [2.45, 2.75) is 328 Å². The van der Waals surface area contributed by atoms with E-state index in [4.69, 9.17) is 4.74 Å². The van der Waals surface area contributed by atoms with Crippen LogP contribution in [0.25, 0.3) is 0 Å². The lowest BCUT2D eigenvalue weighted by Crippen LogP contribution is -2.45. The molecule has 0 aliphatic rings. The molecule has 0 aromatic heterocycles. The number of ether oxygens (including phenoxy) is 1. The molecule has 0 aromatic carbocycles. The Hall–Kier alpha value is -1.40. The Kier molecular flexibility index (Phi) is 52.0. The fourth-order valence-electron chi connectivity index (χ4n) is 8.93. The summed E-state index contributed by atoms with van der Waals surface area (Å²) in [7, 11) is 0. The molecule has 0 fully saturated rings. The SMILES string of the molecule is CCCCCCCCCCCCCCCCCCCCCC/C=C/C(O)C(CO)NC(=O)CCCCCCCCCCCCCOC(=O)CCCCCCCCCCCCCCC. The average molecular weight is 891 g/mol. The first kappa shape index (κ1) is 61.6. The Balaban J connectivity index is 3.49. The van der Waals surface area contributed by atoms with Crippen molar-refractivity contribution in [3.63, 3.8) is 0 Å². The highest BCUT2D eigenvalue weighted by Crippen LogP contribution is 2.17. The van der Waals surface area contributed by atoms with Crippen LogP contribution in [-0.2, 0) is 14.3 Å². The Labute approximate surface area is 393 Å². The summed E-state index contributed by atoms with van der Waals surface area (Å²) < 4.78 is 5.46. The molecular formula is C57H111NO5. The van der Waals surface area contributed by atoms with Crippen LogP contribution in [0.2, 0.25) is 0 Å². The van der Waals surface area contributed by atoms with Gasteiger partial charge in [-0.1, -0.05) is 283 Å². The van der Waals surface area contributed by atoms with Crippen molar-refractivity contribution < 1.29 is 24.5 Å². The van der Waals surface area contributed by atoms with Gasteiger partial charge in [-0.25, -0.2) is 0 Å². The number of hydrogen-bond acceptors (Lipinski definition) is 5. The lowest BCUT2D eigenvalue weighted by atomic mass is 10.0. The Morgan fingerprint density at radius 2 is 0.730 bits per heavy atom. The van der Waals surface area contributed by atoms with Crippen LogP contribution in [0.3, 0.4) is 0 Å². The fraction of sp³-hybridized carbons (Fsp3) is 0.930. The van der Waals surface area contributed by atoms with Gasteiger partial charge in [0.2, 0.25) is 5.91 Å². The van der Waals surface area contributed by atoms with E-state index in [2.05, 4.69) is 19.2 Å². The van der Waals surface area contributed by atoms with Crippen LogP contribution in [0, 0.1) is 0 Å². The summed E-state index contributed by atoms with van der Waals surface area (Å²) in [5.41, 5.74) is 0. The van der Waals surface area contributed by atoms with E-state index in [0.29, 0.717) is 19.4 Å². The number of esters is 1. The number of aliphatic hydroxyl groups is 2. The van der Waals surface area contributed by atoms with Crippen LogP contribution in [0.1, 0.15) is 316 Å². The molecule has 63 heavy (non-hydrogen) atoms. The number of unbranched alkanes of at least 4 members (excludes halogenated alkanes) is 42. The highest BCUT2D eigenvalue weighted by molar-refractivity contribution is 5.76. The Morgan fingerprint density at radius 3 is 1.08 bits per heavy atom. The molecule has 0 aromatic rings. The van der Waals surface area contributed by atoms with Crippen molar-refractivity contribution in [3.05, 3.63) is 12.2 Å².